The summed E-state index contributed by atoms with van der Waals surface area (Å²) >= 11 is 0. The molecule has 0 spiro atoms. The highest BCUT2D eigenvalue weighted by molar-refractivity contribution is 5.61. The van der Waals surface area contributed by atoms with Crippen LogP contribution in [-0.4, -0.2) is 14.5 Å². The second-order valence-electron chi connectivity index (χ2n) is 5.75. The molecule has 0 bridgehead atoms. The molecule has 20 heavy (non-hydrogen) atoms. The average Bonchev–Trinajstić information content (AvgIpc) is 2.97. The van der Waals surface area contributed by atoms with Crippen LogP contribution in [0.2, 0.25) is 0 Å². The number of anilines is 1. The van der Waals surface area contributed by atoms with E-state index in [2.05, 4.69) is 21.5 Å². The second-order valence-corrected chi connectivity index (χ2v) is 5.75. The Labute approximate surface area is 120 Å². The minimum Gasteiger partial charge on any atom is -0.384 e. The largest absolute Gasteiger partial charge is 0.384 e. The van der Waals surface area contributed by atoms with Crippen molar-refractivity contribution in [2.24, 2.45) is 5.92 Å². The van der Waals surface area contributed by atoms with Gasteiger partial charge < -0.3 is 10.3 Å². The van der Waals surface area contributed by atoms with Crippen molar-refractivity contribution in [3.05, 3.63) is 30.9 Å². The summed E-state index contributed by atoms with van der Waals surface area (Å²) in [6.07, 6.45) is 12.2. The molecule has 4 nitrogen and oxygen atoms in total. The molecule has 2 atom stereocenters. The first kappa shape index (κ1) is 13.2. The van der Waals surface area contributed by atoms with Crippen LogP contribution in [0.15, 0.2) is 30.9 Å². The lowest BCUT2D eigenvalue weighted by Crippen LogP contribution is -2.19. The number of hydrogen-bond acceptors (Lipinski definition) is 3. The number of nitrogens with zero attached hydrogens (tertiary/aromatic N) is 3. The van der Waals surface area contributed by atoms with Crippen molar-refractivity contribution in [3.63, 3.8) is 0 Å². The molecule has 1 saturated carbocycles. The van der Waals surface area contributed by atoms with Gasteiger partial charge >= 0.3 is 0 Å². The number of nitrogens with two attached hydrogens (primary N) is 1. The van der Waals surface area contributed by atoms with E-state index in [1.165, 1.54) is 32.1 Å². The van der Waals surface area contributed by atoms with Crippen molar-refractivity contribution in [2.75, 3.05) is 5.73 Å². The van der Waals surface area contributed by atoms with E-state index in [9.17, 15) is 0 Å². The van der Waals surface area contributed by atoms with Crippen LogP contribution in [0.1, 0.15) is 45.1 Å². The molecule has 2 aromatic rings. The lowest BCUT2D eigenvalue weighted by atomic mass is 9.84. The number of pyridine rings is 1. The van der Waals surface area contributed by atoms with Gasteiger partial charge in [0.1, 0.15) is 5.82 Å². The van der Waals surface area contributed by atoms with Gasteiger partial charge in [-0.05, 0) is 30.9 Å². The van der Waals surface area contributed by atoms with E-state index >= 15 is 0 Å². The lowest BCUT2D eigenvalue weighted by molar-refractivity contribution is 0.262. The third kappa shape index (κ3) is 2.55. The zero-order chi connectivity index (χ0) is 13.9. The van der Waals surface area contributed by atoms with Gasteiger partial charge in [-0.2, -0.15) is 0 Å². The van der Waals surface area contributed by atoms with E-state index in [0.29, 0.717) is 11.9 Å². The first-order chi connectivity index (χ1) is 9.78. The van der Waals surface area contributed by atoms with Gasteiger partial charge in [-0.3, -0.25) is 0 Å². The first-order valence-corrected chi connectivity index (χ1v) is 7.51. The SMILES string of the molecule is CCC1CCCC(n2cncc2-c2ccnc(N)c2)C1. The number of aromatic nitrogens is 3. The maximum absolute atomic E-state index is 5.80. The van der Waals surface area contributed by atoms with E-state index in [1.54, 1.807) is 6.20 Å². The highest BCUT2D eigenvalue weighted by atomic mass is 15.1. The van der Waals surface area contributed by atoms with E-state index < -0.39 is 0 Å². The lowest BCUT2D eigenvalue weighted by Gasteiger charge is -2.30. The number of imidazole rings is 1. The third-order valence-electron chi connectivity index (χ3n) is 4.47. The van der Waals surface area contributed by atoms with Crippen LogP contribution in [0.25, 0.3) is 11.3 Å². The number of rotatable bonds is 3. The van der Waals surface area contributed by atoms with Gasteiger partial charge in [-0.15, -0.1) is 0 Å². The van der Waals surface area contributed by atoms with Gasteiger partial charge in [0.15, 0.2) is 0 Å². The summed E-state index contributed by atoms with van der Waals surface area (Å²) in [6, 6.07) is 4.50. The zero-order valence-electron chi connectivity index (χ0n) is 12.0. The van der Waals surface area contributed by atoms with Gasteiger partial charge in [0.05, 0.1) is 18.2 Å². The summed E-state index contributed by atoms with van der Waals surface area (Å²) in [5.41, 5.74) is 8.05. The fourth-order valence-electron chi connectivity index (χ4n) is 3.31. The molecule has 0 saturated heterocycles. The summed E-state index contributed by atoms with van der Waals surface area (Å²) in [7, 11) is 0. The van der Waals surface area contributed by atoms with E-state index in [1.807, 2.05) is 24.7 Å². The molecule has 2 N–H and O–H groups in total. The van der Waals surface area contributed by atoms with Crippen LogP contribution in [0.5, 0.6) is 0 Å². The Morgan fingerprint density at radius 2 is 2.30 bits per heavy atom. The molecule has 2 heterocycles. The second kappa shape index (κ2) is 5.65. The fraction of sp³-hybridized carbons (Fsp3) is 0.500. The molecule has 4 heteroatoms. The molecule has 2 aromatic heterocycles. The standard InChI is InChI=1S/C16H22N4/c1-2-12-4-3-5-14(8-12)20-11-18-10-15(20)13-6-7-19-16(17)9-13/h6-7,9-12,14H,2-5,8H2,1H3,(H2,17,19). The summed E-state index contributed by atoms with van der Waals surface area (Å²) < 4.78 is 2.33. The summed E-state index contributed by atoms with van der Waals surface area (Å²) in [4.78, 5) is 8.42. The number of nitrogen functional groups attached to an aromatic ring is 1. The van der Waals surface area contributed by atoms with Crippen LogP contribution in [0.4, 0.5) is 5.82 Å². The molecular formula is C16H22N4. The number of hydrogen-bond donors (Lipinski definition) is 1. The summed E-state index contributed by atoms with van der Waals surface area (Å²) in [5.74, 6) is 1.41. The molecule has 0 amide bonds. The summed E-state index contributed by atoms with van der Waals surface area (Å²) in [5, 5.41) is 0. The minimum atomic E-state index is 0.560. The molecule has 0 aliphatic heterocycles. The highest BCUT2D eigenvalue weighted by Crippen LogP contribution is 2.36. The van der Waals surface area contributed by atoms with E-state index in [-0.39, 0.29) is 0 Å². The Hall–Kier alpha value is -1.84. The molecule has 106 valence electrons. The van der Waals surface area contributed by atoms with Crippen molar-refractivity contribution in [3.8, 4) is 11.3 Å². The van der Waals surface area contributed by atoms with Gasteiger partial charge in [-0.1, -0.05) is 26.2 Å². The predicted molar refractivity (Wildman–Crippen MR) is 81.2 cm³/mol. The van der Waals surface area contributed by atoms with Crippen LogP contribution >= 0.6 is 0 Å². The average molecular weight is 270 g/mol. The maximum atomic E-state index is 5.80. The minimum absolute atomic E-state index is 0.560. The molecule has 1 aliphatic carbocycles. The summed E-state index contributed by atoms with van der Waals surface area (Å²) in [6.45, 7) is 2.30. The molecule has 1 fully saturated rings. The normalized spacial score (nSPS) is 22.9. The van der Waals surface area contributed by atoms with Gasteiger partial charge in [0, 0.05) is 17.8 Å². The van der Waals surface area contributed by atoms with Crippen LogP contribution in [0, 0.1) is 5.92 Å². The highest BCUT2D eigenvalue weighted by Gasteiger charge is 2.23. The molecule has 3 rings (SSSR count). The fourth-order valence-corrected chi connectivity index (χ4v) is 3.31. The van der Waals surface area contributed by atoms with Crippen LogP contribution in [0.3, 0.4) is 0 Å². The Balaban J connectivity index is 1.90. The monoisotopic (exact) mass is 270 g/mol. The molecule has 1 aliphatic rings. The maximum Gasteiger partial charge on any atom is 0.123 e. The predicted octanol–water partition coefficient (Wildman–Crippen LogP) is 3.67. The molecular weight excluding hydrogens is 248 g/mol. The Bertz CT molecular complexity index is 575. The van der Waals surface area contributed by atoms with Gasteiger partial charge in [0.25, 0.3) is 0 Å². The van der Waals surface area contributed by atoms with Gasteiger partial charge in [-0.25, -0.2) is 9.97 Å². The van der Waals surface area contributed by atoms with Crippen molar-refractivity contribution >= 4 is 5.82 Å². The third-order valence-corrected chi connectivity index (χ3v) is 4.47. The Kier molecular flexibility index (Phi) is 3.72. The topological polar surface area (TPSA) is 56.7 Å². The van der Waals surface area contributed by atoms with Crippen LogP contribution in [-0.2, 0) is 0 Å². The van der Waals surface area contributed by atoms with Crippen molar-refractivity contribution in [1.29, 1.82) is 0 Å². The van der Waals surface area contributed by atoms with E-state index in [4.69, 9.17) is 5.73 Å². The van der Waals surface area contributed by atoms with Crippen molar-refractivity contribution in [1.82, 2.24) is 14.5 Å². The smallest absolute Gasteiger partial charge is 0.123 e. The zero-order valence-corrected chi connectivity index (χ0v) is 12.0. The molecule has 0 aromatic carbocycles. The van der Waals surface area contributed by atoms with Gasteiger partial charge in [0.2, 0.25) is 0 Å². The molecule has 2 unspecified atom stereocenters. The van der Waals surface area contributed by atoms with Crippen molar-refractivity contribution in [2.45, 2.75) is 45.1 Å². The van der Waals surface area contributed by atoms with Crippen molar-refractivity contribution < 1.29 is 0 Å². The Morgan fingerprint density at radius 1 is 1.40 bits per heavy atom. The quantitative estimate of drug-likeness (QED) is 0.925. The van der Waals surface area contributed by atoms with Crippen LogP contribution < -0.4 is 5.73 Å². The molecule has 0 radical (unpaired) electrons. The van der Waals surface area contributed by atoms with E-state index in [0.717, 1.165) is 17.2 Å². The first-order valence-electron chi connectivity index (χ1n) is 7.51. The Morgan fingerprint density at radius 3 is 3.10 bits per heavy atom.